The number of hydrogen-bond donors (Lipinski definition) is 0. The second-order valence-electron chi connectivity index (χ2n) is 6.24. The van der Waals surface area contributed by atoms with Crippen molar-refractivity contribution in [1.82, 2.24) is 4.90 Å². The van der Waals surface area contributed by atoms with Crippen molar-refractivity contribution in [1.29, 1.82) is 0 Å². The molecule has 0 aliphatic rings. The third kappa shape index (κ3) is 4.92. The molecule has 0 spiro atoms. The van der Waals surface area contributed by atoms with Gasteiger partial charge in [0.25, 0.3) is 0 Å². The van der Waals surface area contributed by atoms with E-state index in [9.17, 15) is 9.59 Å². The van der Waals surface area contributed by atoms with Crippen LogP contribution in [0.4, 0.5) is 0 Å². The quantitative estimate of drug-likeness (QED) is 0.711. The Hall–Kier alpha value is -2.62. The molecule has 4 heteroatoms. The molecule has 0 radical (unpaired) electrons. The van der Waals surface area contributed by atoms with Crippen molar-refractivity contribution in [2.24, 2.45) is 0 Å². The summed E-state index contributed by atoms with van der Waals surface area (Å²) in [6, 6.07) is 15.0. The highest BCUT2D eigenvalue weighted by Gasteiger charge is 2.18. The third-order valence-electron chi connectivity index (χ3n) is 4.51. The second kappa shape index (κ2) is 8.47. The average molecular weight is 339 g/mol. The predicted molar refractivity (Wildman–Crippen MR) is 98.9 cm³/mol. The summed E-state index contributed by atoms with van der Waals surface area (Å²) in [5, 5.41) is 0. The van der Waals surface area contributed by atoms with Gasteiger partial charge in [-0.3, -0.25) is 9.59 Å². The van der Waals surface area contributed by atoms with E-state index < -0.39 is 0 Å². The minimum atomic E-state index is -0.0621. The van der Waals surface area contributed by atoms with E-state index in [0.29, 0.717) is 5.56 Å². The van der Waals surface area contributed by atoms with Gasteiger partial charge < -0.3 is 9.64 Å². The van der Waals surface area contributed by atoms with E-state index in [4.69, 9.17) is 4.74 Å². The zero-order chi connectivity index (χ0) is 18.4. The van der Waals surface area contributed by atoms with Gasteiger partial charge in [0.1, 0.15) is 5.75 Å². The minimum absolute atomic E-state index is 0.00106. The van der Waals surface area contributed by atoms with Gasteiger partial charge in [-0.15, -0.1) is 0 Å². The molecule has 0 saturated carbocycles. The molecule has 0 N–H and O–H groups in total. The van der Waals surface area contributed by atoms with Crippen molar-refractivity contribution in [2.75, 3.05) is 14.2 Å². The van der Waals surface area contributed by atoms with Crippen molar-refractivity contribution in [2.45, 2.75) is 32.7 Å². The maximum absolute atomic E-state index is 12.4. The van der Waals surface area contributed by atoms with E-state index in [2.05, 4.69) is 0 Å². The standard InChI is InChI=1S/C21H25NO3/c1-15-5-7-18(8-6-15)20(23)13-14-21(24)22(3)16(2)17-9-11-19(25-4)12-10-17/h5-12,16H,13-14H2,1-4H3. The van der Waals surface area contributed by atoms with Gasteiger partial charge >= 0.3 is 0 Å². The molecule has 132 valence electrons. The van der Waals surface area contributed by atoms with Crippen molar-refractivity contribution in [3.05, 3.63) is 65.2 Å². The van der Waals surface area contributed by atoms with Crippen LogP contribution in [0.5, 0.6) is 5.75 Å². The lowest BCUT2D eigenvalue weighted by atomic mass is 10.0. The Morgan fingerprint density at radius 1 is 1.00 bits per heavy atom. The van der Waals surface area contributed by atoms with E-state index in [-0.39, 0.29) is 30.6 Å². The van der Waals surface area contributed by atoms with Gasteiger partial charge in [0.2, 0.25) is 5.91 Å². The molecule has 0 aromatic heterocycles. The van der Waals surface area contributed by atoms with Crippen LogP contribution >= 0.6 is 0 Å². The third-order valence-corrected chi connectivity index (χ3v) is 4.51. The van der Waals surface area contributed by atoms with Crippen LogP contribution in [0.1, 0.15) is 47.3 Å². The smallest absolute Gasteiger partial charge is 0.223 e. The zero-order valence-corrected chi connectivity index (χ0v) is 15.3. The average Bonchev–Trinajstić information content (AvgIpc) is 2.65. The van der Waals surface area contributed by atoms with Gasteiger partial charge in [-0.05, 0) is 31.5 Å². The topological polar surface area (TPSA) is 46.6 Å². The molecule has 1 amide bonds. The monoisotopic (exact) mass is 339 g/mol. The fourth-order valence-electron chi connectivity index (χ4n) is 2.60. The molecule has 1 unspecified atom stereocenters. The summed E-state index contributed by atoms with van der Waals surface area (Å²) in [5.41, 5.74) is 2.80. The maximum atomic E-state index is 12.4. The van der Waals surface area contributed by atoms with Gasteiger partial charge in [0.05, 0.1) is 13.2 Å². The molecule has 4 nitrogen and oxygen atoms in total. The Kier molecular flexibility index (Phi) is 6.34. The van der Waals surface area contributed by atoms with E-state index in [0.717, 1.165) is 16.9 Å². The summed E-state index contributed by atoms with van der Waals surface area (Å²) in [7, 11) is 3.40. The first-order valence-electron chi connectivity index (χ1n) is 8.42. The number of benzene rings is 2. The largest absolute Gasteiger partial charge is 0.497 e. The number of nitrogens with zero attached hydrogens (tertiary/aromatic N) is 1. The first kappa shape index (κ1) is 18.7. The molecule has 0 heterocycles. The van der Waals surface area contributed by atoms with Gasteiger partial charge in [-0.2, -0.15) is 0 Å². The normalized spacial score (nSPS) is 11.7. The van der Waals surface area contributed by atoms with Crippen LogP contribution in [0, 0.1) is 6.92 Å². The van der Waals surface area contributed by atoms with Crippen LogP contribution in [-0.2, 0) is 4.79 Å². The Balaban J connectivity index is 1.92. The molecule has 0 saturated heterocycles. The second-order valence-corrected chi connectivity index (χ2v) is 6.24. The van der Waals surface area contributed by atoms with Crippen LogP contribution in [0.3, 0.4) is 0 Å². The van der Waals surface area contributed by atoms with Crippen molar-refractivity contribution < 1.29 is 14.3 Å². The van der Waals surface area contributed by atoms with Crippen LogP contribution in [-0.4, -0.2) is 30.7 Å². The van der Waals surface area contributed by atoms with Crippen LogP contribution in [0.2, 0.25) is 0 Å². The molecule has 25 heavy (non-hydrogen) atoms. The maximum Gasteiger partial charge on any atom is 0.223 e. The molecule has 2 aromatic rings. The number of ether oxygens (including phenoxy) is 1. The van der Waals surface area contributed by atoms with E-state index in [1.54, 1.807) is 19.1 Å². The zero-order valence-electron chi connectivity index (χ0n) is 15.3. The molecule has 0 bridgehead atoms. The number of ketones is 1. The highest BCUT2D eigenvalue weighted by Crippen LogP contribution is 2.22. The highest BCUT2D eigenvalue weighted by atomic mass is 16.5. The summed E-state index contributed by atoms with van der Waals surface area (Å²) in [6.45, 7) is 3.95. The first-order chi connectivity index (χ1) is 11.9. The number of carbonyl (C=O) groups is 2. The van der Waals surface area contributed by atoms with E-state index in [1.807, 2.05) is 62.4 Å². The summed E-state index contributed by atoms with van der Waals surface area (Å²) in [6.07, 6.45) is 0.436. The first-order valence-corrected chi connectivity index (χ1v) is 8.42. The van der Waals surface area contributed by atoms with E-state index in [1.165, 1.54) is 0 Å². The van der Waals surface area contributed by atoms with Crippen molar-refractivity contribution in [3.8, 4) is 5.75 Å². The molecule has 0 aliphatic heterocycles. The molecule has 2 aromatic carbocycles. The van der Waals surface area contributed by atoms with Gasteiger partial charge in [0, 0.05) is 25.5 Å². The number of carbonyl (C=O) groups excluding carboxylic acids is 2. The van der Waals surface area contributed by atoms with Gasteiger partial charge in [-0.25, -0.2) is 0 Å². The predicted octanol–water partition coefficient (Wildman–Crippen LogP) is 4.19. The van der Waals surface area contributed by atoms with Crippen LogP contribution in [0.15, 0.2) is 48.5 Å². The highest BCUT2D eigenvalue weighted by molar-refractivity contribution is 5.98. The molecule has 2 rings (SSSR count). The summed E-state index contributed by atoms with van der Waals surface area (Å²) < 4.78 is 5.15. The van der Waals surface area contributed by atoms with Gasteiger partial charge in [-0.1, -0.05) is 42.0 Å². The molecule has 1 atom stereocenters. The molecule has 0 aliphatic carbocycles. The number of aryl methyl sites for hydroxylation is 1. The Morgan fingerprint density at radius 3 is 2.16 bits per heavy atom. The number of hydrogen-bond acceptors (Lipinski definition) is 3. The van der Waals surface area contributed by atoms with Crippen molar-refractivity contribution >= 4 is 11.7 Å². The summed E-state index contributed by atoms with van der Waals surface area (Å²) in [4.78, 5) is 26.3. The number of amides is 1. The number of methoxy groups -OCH3 is 1. The fourth-order valence-corrected chi connectivity index (χ4v) is 2.60. The Morgan fingerprint density at radius 2 is 1.60 bits per heavy atom. The number of Topliss-reactive ketones (excluding diaryl/α,β-unsaturated/α-hetero) is 1. The van der Waals surface area contributed by atoms with E-state index >= 15 is 0 Å². The van der Waals surface area contributed by atoms with Crippen LogP contribution < -0.4 is 4.74 Å². The molecule has 0 fully saturated rings. The SMILES string of the molecule is COc1ccc(C(C)N(C)C(=O)CCC(=O)c2ccc(C)cc2)cc1. The lowest BCUT2D eigenvalue weighted by Gasteiger charge is -2.25. The number of rotatable bonds is 7. The molecular formula is C21H25NO3. The van der Waals surface area contributed by atoms with Gasteiger partial charge in [0.15, 0.2) is 5.78 Å². The molecular weight excluding hydrogens is 314 g/mol. The van der Waals surface area contributed by atoms with Crippen molar-refractivity contribution in [3.63, 3.8) is 0 Å². The Bertz CT molecular complexity index is 720. The minimum Gasteiger partial charge on any atom is -0.497 e. The fraction of sp³-hybridized carbons (Fsp3) is 0.333. The summed E-state index contributed by atoms with van der Waals surface area (Å²) >= 11 is 0. The lowest BCUT2D eigenvalue weighted by molar-refractivity contribution is -0.131. The lowest BCUT2D eigenvalue weighted by Crippen LogP contribution is -2.29. The Labute approximate surface area is 149 Å². The van der Waals surface area contributed by atoms with Crippen LogP contribution in [0.25, 0.3) is 0 Å². The summed E-state index contributed by atoms with van der Waals surface area (Å²) in [5.74, 6) is 0.747.